The minimum atomic E-state index is 0.107. The van der Waals surface area contributed by atoms with Crippen LogP contribution in [0.4, 0.5) is 0 Å². The van der Waals surface area contributed by atoms with E-state index in [1.807, 2.05) is 33.0 Å². The number of likely N-dealkylation sites (N-methyl/N-ethyl adjacent to an activating group) is 1. The lowest BCUT2D eigenvalue weighted by Gasteiger charge is -2.24. The molecule has 3 heteroatoms. The van der Waals surface area contributed by atoms with Crippen LogP contribution in [0.1, 0.15) is 38.3 Å². The fraction of sp³-hybridized carbons (Fsp3) is 0.500. The SMILES string of the molecule is CNC(C1=CCCCO1)c1cccc(OC(C)C)c1. The fourth-order valence-electron chi connectivity index (χ4n) is 2.29. The molecule has 1 aromatic carbocycles. The summed E-state index contributed by atoms with van der Waals surface area (Å²) in [5, 5.41) is 3.32. The van der Waals surface area contributed by atoms with E-state index in [0.717, 1.165) is 31.0 Å². The van der Waals surface area contributed by atoms with Crippen molar-refractivity contribution >= 4 is 0 Å². The minimum Gasteiger partial charge on any atom is -0.496 e. The molecule has 0 aliphatic carbocycles. The Balaban J connectivity index is 2.20. The number of rotatable bonds is 5. The maximum Gasteiger partial charge on any atom is 0.120 e. The maximum atomic E-state index is 5.76. The van der Waals surface area contributed by atoms with Crippen LogP contribution in [0.5, 0.6) is 5.75 Å². The predicted octanol–water partition coefficient (Wildman–Crippen LogP) is 3.43. The molecule has 1 N–H and O–H groups in total. The topological polar surface area (TPSA) is 30.5 Å². The molecule has 0 radical (unpaired) electrons. The molecule has 0 saturated heterocycles. The average molecular weight is 261 g/mol. The van der Waals surface area contributed by atoms with E-state index in [9.17, 15) is 0 Å². The quantitative estimate of drug-likeness (QED) is 0.881. The third kappa shape index (κ3) is 3.74. The van der Waals surface area contributed by atoms with Crippen molar-refractivity contribution in [2.24, 2.45) is 0 Å². The first kappa shape index (κ1) is 13.9. The molecule has 0 bridgehead atoms. The molecule has 0 amide bonds. The maximum absolute atomic E-state index is 5.76. The van der Waals surface area contributed by atoms with Crippen LogP contribution in [0.25, 0.3) is 0 Å². The summed E-state index contributed by atoms with van der Waals surface area (Å²) in [5.74, 6) is 1.93. The van der Waals surface area contributed by atoms with Crippen molar-refractivity contribution in [2.45, 2.75) is 38.8 Å². The van der Waals surface area contributed by atoms with E-state index in [4.69, 9.17) is 9.47 Å². The zero-order valence-electron chi connectivity index (χ0n) is 12.0. The van der Waals surface area contributed by atoms with Gasteiger partial charge < -0.3 is 14.8 Å². The number of ether oxygens (including phenoxy) is 2. The van der Waals surface area contributed by atoms with Crippen LogP contribution in [0, 0.1) is 0 Å². The Morgan fingerprint density at radius 2 is 2.16 bits per heavy atom. The van der Waals surface area contributed by atoms with E-state index in [0.29, 0.717) is 0 Å². The summed E-state index contributed by atoms with van der Waals surface area (Å²) < 4.78 is 11.5. The molecule has 0 spiro atoms. The van der Waals surface area contributed by atoms with Gasteiger partial charge >= 0.3 is 0 Å². The molecule has 1 aromatic rings. The van der Waals surface area contributed by atoms with Gasteiger partial charge in [-0.25, -0.2) is 0 Å². The molecule has 1 aliphatic heterocycles. The summed E-state index contributed by atoms with van der Waals surface area (Å²) in [6.07, 6.45) is 4.57. The Morgan fingerprint density at radius 1 is 1.32 bits per heavy atom. The molecule has 1 unspecified atom stereocenters. The lowest BCUT2D eigenvalue weighted by Crippen LogP contribution is -2.22. The van der Waals surface area contributed by atoms with Crippen molar-refractivity contribution < 1.29 is 9.47 Å². The van der Waals surface area contributed by atoms with E-state index < -0.39 is 0 Å². The van der Waals surface area contributed by atoms with Crippen LogP contribution in [0.15, 0.2) is 36.1 Å². The van der Waals surface area contributed by atoms with E-state index in [-0.39, 0.29) is 12.1 Å². The number of benzene rings is 1. The first-order valence-electron chi connectivity index (χ1n) is 6.97. The third-order valence-corrected chi connectivity index (χ3v) is 3.10. The number of allylic oxidation sites excluding steroid dienone is 1. The van der Waals surface area contributed by atoms with Gasteiger partial charge in [-0.1, -0.05) is 12.1 Å². The van der Waals surface area contributed by atoms with E-state index >= 15 is 0 Å². The largest absolute Gasteiger partial charge is 0.496 e. The van der Waals surface area contributed by atoms with Gasteiger partial charge in [0.05, 0.1) is 18.8 Å². The molecular formula is C16H23NO2. The highest BCUT2D eigenvalue weighted by atomic mass is 16.5. The van der Waals surface area contributed by atoms with Crippen molar-refractivity contribution in [3.05, 3.63) is 41.7 Å². The Hall–Kier alpha value is -1.48. The zero-order chi connectivity index (χ0) is 13.7. The molecule has 1 aliphatic rings. The van der Waals surface area contributed by atoms with Crippen molar-refractivity contribution in [3.63, 3.8) is 0 Å². The minimum absolute atomic E-state index is 0.107. The standard InChI is InChI=1S/C16H23NO2/c1-12(2)19-14-8-6-7-13(11-14)16(17-3)15-9-4-5-10-18-15/h6-9,11-12,16-17H,4-5,10H2,1-3H3. The van der Waals surface area contributed by atoms with Gasteiger partial charge in [0.1, 0.15) is 11.5 Å². The molecule has 0 saturated carbocycles. The van der Waals surface area contributed by atoms with Gasteiger partial charge in [-0.3, -0.25) is 0 Å². The molecule has 0 fully saturated rings. The highest BCUT2D eigenvalue weighted by molar-refractivity contribution is 5.34. The molecule has 0 aromatic heterocycles. The molecule has 2 rings (SSSR count). The van der Waals surface area contributed by atoms with Gasteiger partial charge in [-0.05, 0) is 57.5 Å². The summed E-state index contributed by atoms with van der Waals surface area (Å²) >= 11 is 0. The lowest BCUT2D eigenvalue weighted by atomic mass is 10.0. The summed E-state index contributed by atoms with van der Waals surface area (Å²) in [5.41, 5.74) is 1.17. The molecular weight excluding hydrogens is 238 g/mol. The molecule has 104 valence electrons. The van der Waals surface area contributed by atoms with Gasteiger partial charge in [-0.15, -0.1) is 0 Å². The van der Waals surface area contributed by atoms with Crippen molar-refractivity contribution in [3.8, 4) is 5.75 Å². The number of nitrogens with one attached hydrogen (secondary N) is 1. The highest BCUT2D eigenvalue weighted by Crippen LogP contribution is 2.28. The van der Waals surface area contributed by atoms with Gasteiger partial charge in [0, 0.05) is 0 Å². The molecule has 3 nitrogen and oxygen atoms in total. The van der Waals surface area contributed by atoms with Crippen molar-refractivity contribution in [2.75, 3.05) is 13.7 Å². The number of hydrogen-bond donors (Lipinski definition) is 1. The second kappa shape index (κ2) is 6.62. The van der Waals surface area contributed by atoms with Gasteiger partial charge in [0.25, 0.3) is 0 Å². The van der Waals surface area contributed by atoms with Gasteiger partial charge in [-0.2, -0.15) is 0 Å². The van der Waals surface area contributed by atoms with E-state index in [1.165, 1.54) is 5.56 Å². The molecule has 1 atom stereocenters. The summed E-state index contributed by atoms with van der Waals surface area (Å²) in [7, 11) is 1.96. The first-order chi connectivity index (χ1) is 9.20. The van der Waals surface area contributed by atoms with Crippen LogP contribution in [0.3, 0.4) is 0 Å². The Kier molecular flexibility index (Phi) is 4.86. The summed E-state index contributed by atoms with van der Waals surface area (Å²) in [6, 6.07) is 8.32. The third-order valence-electron chi connectivity index (χ3n) is 3.10. The zero-order valence-corrected chi connectivity index (χ0v) is 12.0. The molecule has 19 heavy (non-hydrogen) atoms. The van der Waals surface area contributed by atoms with Gasteiger partial charge in [0.15, 0.2) is 0 Å². The summed E-state index contributed by atoms with van der Waals surface area (Å²) in [4.78, 5) is 0. The monoisotopic (exact) mass is 261 g/mol. The second-order valence-electron chi connectivity index (χ2n) is 5.06. The Bertz CT molecular complexity index is 440. The predicted molar refractivity (Wildman–Crippen MR) is 77.3 cm³/mol. The van der Waals surface area contributed by atoms with Crippen molar-refractivity contribution in [1.29, 1.82) is 0 Å². The second-order valence-corrected chi connectivity index (χ2v) is 5.06. The lowest BCUT2D eigenvalue weighted by molar-refractivity contribution is 0.169. The van der Waals surface area contributed by atoms with Crippen LogP contribution in [-0.2, 0) is 4.74 Å². The van der Waals surface area contributed by atoms with Crippen LogP contribution < -0.4 is 10.1 Å². The fourth-order valence-corrected chi connectivity index (χ4v) is 2.29. The van der Waals surface area contributed by atoms with Gasteiger partial charge in [0.2, 0.25) is 0 Å². The Morgan fingerprint density at radius 3 is 2.79 bits per heavy atom. The molecule has 1 heterocycles. The smallest absolute Gasteiger partial charge is 0.120 e. The average Bonchev–Trinajstić information content (AvgIpc) is 2.40. The van der Waals surface area contributed by atoms with Crippen molar-refractivity contribution in [1.82, 2.24) is 5.32 Å². The first-order valence-corrected chi connectivity index (χ1v) is 6.97. The normalized spacial score (nSPS) is 16.7. The van der Waals surface area contributed by atoms with E-state index in [1.54, 1.807) is 0 Å². The summed E-state index contributed by atoms with van der Waals surface area (Å²) in [6.45, 7) is 4.89. The van der Waals surface area contributed by atoms with Crippen LogP contribution in [0.2, 0.25) is 0 Å². The number of hydrogen-bond acceptors (Lipinski definition) is 3. The Labute approximate surface area is 115 Å². The highest BCUT2D eigenvalue weighted by Gasteiger charge is 2.18. The van der Waals surface area contributed by atoms with Crippen LogP contribution in [-0.4, -0.2) is 19.8 Å². The van der Waals surface area contributed by atoms with E-state index in [2.05, 4.69) is 23.5 Å². The van der Waals surface area contributed by atoms with Crippen LogP contribution >= 0.6 is 0 Å².